The van der Waals surface area contributed by atoms with Crippen LogP contribution >= 0.6 is 0 Å². The van der Waals surface area contributed by atoms with E-state index in [2.05, 4.69) is 28.2 Å². The minimum absolute atomic E-state index is 0.00348. The van der Waals surface area contributed by atoms with Gasteiger partial charge in [-0.25, -0.2) is 4.98 Å². The van der Waals surface area contributed by atoms with Crippen LogP contribution in [0.3, 0.4) is 0 Å². The van der Waals surface area contributed by atoms with Crippen LogP contribution in [0.5, 0.6) is 11.6 Å². The summed E-state index contributed by atoms with van der Waals surface area (Å²) >= 11 is 0. The number of nitrogens with zero attached hydrogens (tertiary/aromatic N) is 3. The van der Waals surface area contributed by atoms with Crippen molar-refractivity contribution in [3.05, 3.63) is 83.3 Å². The lowest BCUT2D eigenvalue weighted by atomic mass is 10.1. The molecule has 0 aliphatic heterocycles. The minimum atomic E-state index is 0.00348. The number of hydrogen-bond donors (Lipinski definition) is 0. The number of fused-ring (bicyclic) bond motifs is 1. The van der Waals surface area contributed by atoms with Gasteiger partial charge >= 0.3 is 0 Å². The van der Waals surface area contributed by atoms with Crippen molar-refractivity contribution in [3.63, 3.8) is 0 Å². The monoisotopic (exact) mass is 369 g/mol. The summed E-state index contributed by atoms with van der Waals surface area (Å²) in [4.78, 5) is 8.58. The molecule has 4 rings (SSSR count). The zero-order valence-corrected chi connectivity index (χ0v) is 15.5. The Bertz CT molecular complexity index is 1030. The number of aromatic nitrogens is 2. The van der Waals surface area contributed by atoms with E-state index >= 15 is 0 Å². The molecular formula is C23H19N3O2. The van der Waals surface area contributed by atoms with Gasteiger partial charge in [-0.2, -0.15) is 5.26 Å². The van der Waals surface area contributed by atoms with E-state index in [1.807, 2.05) is 24.3 Å². The van der Waals surface area contributed by atoms with E-state index in [4.69, 9.17) is 9.47 Å². The molecule has 5 heteroatoms. The Morgan fingerprint density at radius 3 is 2.43 bits per heavy atom. The molecular weight excluding hydrogens is 350 g/mol. The molecule has 1 aliphatic rings. The zero-order chi connectivity index (χ0) is 19.3. The van der Waals surface area contributed by atoms with Crippen molar-refractivity contribution in [1.29, 1.82) is 5.26 Å². The molecule has 0 bridgehead atoms. The smallest absolute Gasteiger partial charge is 0.257 e. The van der Waals surface area contributed by atoms with Crippen molar-refractivity contribution in [2.45, 2.75) is 18.9 Å². The summed E-state index contributed by atoms with van der Waals surface area (Å²) in [6.07, 6.45) is 6.84. The molecule has 5 nitrogen and oxygen atoms in total. The van der Waals surface area contributed by atoms with Crippen LogP contribution in [-0.4, -0.2) is 23.2 Å². The average molecular weight is 369 g/mol. The van der Waals surface area contributed by atoms with Crippen molar-refractivity contribution in [2.24, 2.45) is 0 Å². The lowest BCUT2D eigenvalue weighted by Crippen LogP contribution is -2.17. The molecule has 2 heterocycles. The number of ether oxygens (including phenoxy) is 2. The van der Waals surface area contributed by atoms with Crippen molar-refractivity contribution < 1.29 is 9.47 Å². The molecule has 0 amide bonds. The molecule has 0 fully saturated rings. The Hall–Kier alpha value is -3.65. The molecule has 3 aromatic rings. The van der Waals surface area contributed by atoms with Gasteiger partial charge < -0.3 is 9.47 Å². The Balaban J connectivity index is 1.61. The van der Waals surface area contributed by atoms with Crippen LogP contribution in [0.2, 0.25) is 0 Å². The third-order valence-electron chi connectivity index (χ3n) is 4.75. The molecule has 0 atom stereocenters. The molecule has 1 aromatic carbocycles. The van der Waals surface area contributed by atoms with E-state index in [9.17, 15) is 5.26 Å². The highest BCUT2D eigenvalue weighted by Crippen LogP contribution is 2.31. The van der Waals surface area contributed by atoms with E-state index in [1.54, 1.807) is 37.7 Å². The van der Waals surface area contributed by atoms with Gasteiger partial charge in [0.15, 0.2) is 5.75 Å². The summed E-state index contributed by atoms with van der Waals surface area (Å²) in [7, 11) is 1.59. The van der Waals surface area contributed by atoms with Gasteiger partial charge in [0.25, 0.3) is 5.88 Å². The Morgan fingerprint density at radius 2 is 1.79 bits per heavy atom. The van der Waals surface area contributed by atoms with E-state index in [0.29, 0.717) is 22.9 Å². The largest absolute Gasteiger partial charge is 0.491 e. The van der Waals surface area contributed by atoms with Crippen LogP contribution in [0.15, 0.2) is 60.9 Å². The first kappa shape index (κ1) is 17.7. The Morgan fingerprint density at radius 1 is 1.07 bits per heavy atom. The minimum Gasteiger partial charge on any atom is -0.491 e. The van der Waals surface area contributed by atoms with Gasteiger partial charge in [0.05, 0.1) is 18.4 Å². The first-order valence-electron chi connectivity index (χ1n) is 9.07. The Labute approximate surface area is 163 Å². The molecule has 0 unspecified atom stereocenters. The standard InChI is InChI=1S/C23H19N3O2/c1-27-22-7-6-21(19(15-24)12-16-8-10-25-11-9-16)26-23(22)28-20-13-17-4-2-3-5-18(17)14-20/h2-12,20H,13-14H2,1H3. The number of allylic oxidation sites excluding steroid dienone is 1. The fraction of sp³-hybridized carbons (Fsp3) is 0.174. The lowest BCUT2D eigenvalue weighted by Gasteiger charge is -2.15. The summed E-state index contributed by atoms with van der Waals surface area (Å²) in [6.45, 7) is 0. The van der Waals surface area contributed by atoms with Gasteiger partial charge in [-0.3, -0.25) is 4.98 Å². The summed E-state index contributed by atoms with van der Waals surface area (Å²) < 4.78 is 11.6. The van der Waals surface area contributed by atoms with Crippen LogP contribution in [-0.2, 0) is 12.8 Å². The number of benzene rings is 1. The summed E-state index contributed by atoms with van der Waals surface area (Å²) in [5.74, 6) is 0.967. The van der Waals surface area contributed by atoms with Gasteiger partial charge in [-0.05, 0) is 47.0 Å². The molecule has 0 N–H and O–H groups in total. The van der Waals surface area contributed by atoms with Crippen molar-refractivity contribution in [2.75, 3.05) is 7.11 Å². The maximum absolute atomic E-state index is 9.61. The highest BCUT2D eigenvalue weighted by Gasteiger charge is 2.24. The molecule has 2 aromatic heterocycles. The normalized spacial score (nSPS) is 13.6. The summed E-state index contributed by atoms with van der Waals surface area (Å²) in [5.41, 5.74) is 4.49. The Kier molecular flexibility index (Phi) is 5.03. The second-order valence-corrected chi connectivity index (χ2v) is 6.57. The topological polar surface area (TPSA) is 68.0 Å². The highest BCUT2D eigenvalue weighted by atomic mass is 16.5. The number of hydrogen-bond acceptors (Lipinski definition) is 5. The van der Waals surface area contributed by atoms with Crippen LogP contribution in [0.4, 0.5) is 0 Å². The maximum atomic E-state index is 9.61. The number of pyridine rings is 2. The van der Waals surface area contributed by atoms with Gasteiger partial charge in [-0.15, -0.1) is 0 Å². The van der Waals surface area contributed by atoms with Crippen LogP contribution in [0.1, 0.15) is 22.4 Å². The first-order chi connectivity index (χ1) is 13.8. The van der Waals surface area contributed by atoms with Crippen molar-refractivity contribution in [1.82, 2.24) is 9.97 Å². The van der Waals surface area contributed by atoms with Gasteiger partial charge in [0.1, 0.15) is 12.2 Å². The number of nitriles is 1. The average Bonchev–Trinajstić information content (AvgIpc) is 3.15. The molecule has 138 valence electrons. The zero-order valence-electron chi connectivity index (χ0n) is 15.5. The third-order valence-corrected chi connectivity index (χ3v) is 4.75. The fourth-order valence-corrected chi connectivity index (χ4v) is 3.37. The van der Waals surface area contributed by atoms with Crippen molar-refractivity contribution >= 4 is 11.6 Å². The van der Waals surface area contributed by atoms with Crippen LogP contribution < -0.4 is 9.47 Å². The van der Waals surface area contributed by atoms with Gasteiger partial charge in [0, 0.05) is 25.2 Å². The summed E-state index contributed by atoms with van der Waals surface area (Å²) in [6, 6.07) is 17.8. The van der Waals surface area contributed by atoms with E-state index < -0.39 is 0 Å². The number of rotatable bonds is 5. The molecule has 1 aliphatic carbocycles. The fourth-order valence-electron chi connectivity index (χ4n) is 3.37. The van der Waals surface area contributed by atoms with E-state index in [0.717, 1.165) is 18.4 Å². The van der Waals surface area contributed by atoms with Gasteiger partial charge in [-0.1, -0.05) is 24.3 Å². The SMILES string of the molecule is COc1ccc(C(C#N)=Cc2ccncc2)nc1OC1Cc2ccccc2C1. The third kappa shape index (κ3) is 3.72. The molecule has 0 saturated carbocycles. The van der Waals surface area contributed by atoms with E-state index in [-0.39, 0.29) is 6.10 Å². The van der Waals surface area contributed by atoms with Crippen LogP contribution in [0.25, 0.3) is 11.6 Å². The lowest BCUT2D eigenvalue weighted by molar-refractivity contribution is 0.195. The molecule has 0 saturated heterocycles. The predicted octanol–water partition coefficient (Wildman–Crippen LogP) is 4.10. The molecule has 0 radical (unpaired) electrons. The number of methoxy groups -OCH3 is 1. The molecule has 0 spiro atoms. The van der Waals surface area contributed by atoms with Gasteiger partial charge in [0.2, 0.25) is 0 Å². The highest BCUT2D eigenvalue weighted by molar-refractivity contribution is 5.88. The second kappa shape index (κ2) is 7.93. The van der Waals surface area contributed by atoms with Crippen LogP contribution in [0, 0.1) is 11.3 Å². The van der Waals surface area contributed by atoms with E-state index in [1.165, 1.54) is 11.1 Å². The van der Waals surface area contributed by atoms with Crippen molar-refractivity contribution in [3.8, 4) is 17.7 Å². The predicted molar refractivity (Wildman–Crippen MR) is 107 cm³/mol. The summed E-state index contributed by atoms with van der Waals surface area (Å²) in [5, 5.41) is 9.61. The maximum Gasteiger partial charge on any atom is 0.257 e. The second-order valence-electron chi connectivity index (χ2n) is 6.57. The quantitative estimate of drug-likeness (QED) is 0.634. The molecule has 28 heavy (non-hydrogen) atoms. The first-order valence-corrected chi connectivity index (χ1v) is 9.07.